The van der Waals surface area contributed by atoms with E-state index in [0.717, 1.165) is 25.9 Å². The highest BCUT2D eigenvalue weighted by Crippen LogP contribution is 2.21. The first-order chi connectivity index (χ1) is 10.6. The standard InChI is InChI=1S/C16H26N2O4/c1-11(2)15-14(12(3)18-22-15)16(19)17-7-5-8-20-10-13-6-4-9-21-13/h11,13H,4-10H2,1-3H3,(H,17,19)/t13-/m0/s1. The Bertz CT molecular complexity index is 478. The summed E-state index contributed by atoms with van der Waals surface area (Å²) in [5, 5.41) is 6.79. The molecule has 6 heteroatoms. The van der Waals surface area contributed by atoms with Crippen molar-refractivity contribution >= 4 is 5.91 Å². The SMILES string of the molecule is Cc1noc(C(C)C)c1C(=O)NCCCOC[C@@H]1CCCO1. The summed E-state index contributed by atoms with van der Waals surface area (Å²) in [6.07, 6.45) is 3.24. The van der Waals surface area contributed by atoms with Crippen molar-refractivity contribution in [3.63, 3.8) is 0 Å². The third-order valence-electron chi connectivity index (χ3n) is 3.72. The van der Waals surface area contributed by atoms with E-state index in [2.05, 4.69) is 10.5 Å². The monoisotopic (exact) mass is 310 g/mol. The van der Waals surface area contributed by atoms with Gasteiger partial charge in [-0.2, -0.15) is 0 Å². The average Bonchev–Trinajstić information content (AvgIpc) is 3.11. The number of amides is 1. The lowest BCUT2D eigenvalue weighted by Gasteiger charge is -2.10. The van der Waals surface area contributed by atoms with Crippen LogP contribution in [0.5, 0.6) is 0 Å². The molecule has 0 aromatic carbocycles. The quantitative estimate of drug-likeness (QED) is 0.746. The van der Waals surface area contributed by atoms with Crippen LogP contribution in [-0.4, -0.2) is 43.5 Å². The zero-order valence-electron chi connectivity index (χ0n) is 13.7. The molecule has 1 aromatic heterocycles. The van der Waals surface area contributed by atoms with Gasteiger partial charge in [0.05, 0.1) is 18.4 Å². The van der Waals surface area contributed by atoms with E-state index < -0.39 is 0 Å². The fourth-order valence-electron chi connectivity index (χ4n) is 2.51. The molecule has 0 aliphatic carbocycles. The Morgan fingerprint density at radius 3 is 3.00 bits per heavy atom. The summed E-state index contributed by atoms with van der Waals surface area (Å²) in [6, 6.07) is 0. The number of carbonyl (C=O) groups is 1. The van der Waals surface area contributed by atoms with Gasteiger partial charge in [0.15, 0.2) is 5.76 Å². The predicted molar refractivity (Wildman–Crippen MR) is 82.1 cm³/mol. The number of aromatic nitrogens is 1. The normalized spacial score (nSPS) is 18.1. The molecule has 0 bridgehead atoms. The van der Waals surface area contributed by atoms with Crippen LogP contribution < -0.4 is 5.32 Å². The molecular formula is C16H26N2O4. The predicted octanol–water partition coefficient (Wildman–Crippen LogP) is 2.42. The van der Waals surface area contributed by atoms with Crippen LogP contribution in [0.4, 0.5) is 0 Å². The summed E-state index contributed by atoms with van der Waals surface area (Å²) in [6.45, 7) is 8.45. The summed E-state index contributed by atoms with van der Waals surface area (Å²) in [7, 11) is 0. The van der Waals surface area contributed by atoms with Crippen LogP contribution in [0.3, 0.4) is 0 Å². The molecule has 22 heavy (non-hydrogen) atoms. The Morgan fingerprint density at radius 2 is 2.32 bits per heavy atom. The van der Waals surface area contributed by atoms with Crippen molar-refractivity contribution < 1.29 is 18.8 Å². The highest BCUT2D eigenvalue weighted by atomic mass is 16.5. The summed E-state index contributed by atoms with van der Waals surface area (Å²) in [5.74, 6) is 0.655. The summed E-state index contributed by atoms with van der Waals surface area (Å²) in [5.41, 5.74) is 1.20. The Kier molecular flexibility index (Phi) is 6.39. The van der Waals surface area contributed by atoms with Crippen LogP contribution >= 0.6 is 0 Å². The molecule has 1 saturated heterocycles. The second-order valence-electron chi connectivity index (χ2n) is 5.98. The van der Waals surface area contributed by atoms with Crippen LogP contribution in [-0.2, 0) is 9.47 Å². The van der Waals surface area contributed by atoms with Crippen molar-refractivity contribution in [2.45, 2.75) is 52.1 Å². The zero-order chi connectivity index (χ0) is 15.9. The Balaban J connectivity index is 1.66. The molecule has 0 unspecified atom stereocenters. The van der Waals surface area contributed by atoms with Crippen molar-refractivity contribution in [2.24, 2.45) is 0 Å². The van der Waals surface area contributed by atoms with E-state index in [1.165, 1.54) is 0 Å². The first kappa shape index (κ1) is 17.0. The smallest absolute Gasteiger partial charge is 0.256 e. The third kappa shape index (κ3) is 4.55. The van der Waals surface area contributed by atoms with Crippen molar-refractivity contribution in [1.82, 2.24) is 10.5 Å². The number of rotatable bonds is 8. The van der Waals surface area contributed by atoms with Gasteiger partial charge >= 0.3 is 0 Å². The van der Waals surface area contributed by atoms with Crippen LogP contribution in [0, 0.1) is 6.92 Å². The first-order valence-electron chi connectivity index (χ1n) is 8.03. The van der Waals surface area contributed by atoms with E-state index in [0.29, 0.717) is 36.8 Å². The molecule has 0 radical (unpaired) electrons. The molecule has 0 spiro atoms. The molecule has 1 aliphatic rings. The number of nitrogens with zero attached hydrogens (tertiary/aromatic N) is 1. The molecule has 0 saturated carbocycles. The van der Waals surface area contributed by atoms with Gasteiger partial charge in [-0.3, -0.25) is 4.79 Å². The lowest BCUT2D eigenvalue weighted by molar-refractivity contribution is 0.0166. The molecule has 1 aromatic rings. The van der Waals surface area contributed by atoms with Gasteiger partial charge in [0.1, 0.15) is 5.56 Å². The third-order valence-corrected chi connectivity index (χ3v) is 3.72. The van der Waals surface area contributed by atoms with Gasteiger partial charge in [0.25, 0.3) is 5.91 Å². The molecule has 1 fully saturated rings. The maximum absolute atomic E-state index is 12.2. The maximum atomic E-state index is 12.2. The van der Waals surface area contributed by atoms with Gasteiger partial charge in [-0.05, 0) is 26.2 Å². The van der Waals surface area contributed by atoms with Crippen LogP contribution in [0.15, 0.2) is 4.52 Å². The summed E-state index contributed by atoms with van der Waals surface area (Å²) in [4.78, 5) is 12.2. The van der Waals surface area contributed by atoms with Crippen molar-refractivity contribution in [3.8, 4) is 0 Å². The van der Waals surface area contributed by atoms with Gasteiger partial charge < -0.3 is 19.3 Å². The molecule has 1 aliphatic heterocycles. The zero-order valence-corrected chi connectivity index (χ0v) is 13.7. The van der Waals surface area contributed by atoms with E-state index >= 15 is 0 Å². The maximum Gasteiger partial charge on any atom is 0.256 e. The van der Waals surface area contributed by atoms with Crippen LogP contribution in [0.2, 0.25) is 0 Å². The molecule has 1 N–H and O–H groups in total. The van der Waals surface area contributed by atoms with E-state index in [9.17, 15) is 4.79 Å². The largest absolute Gasteiger partial charge is 0.379 e. The molecular weight excluding hydrogens is 284 g/mol. The number of hydrogen-bond acceptors (Lipinski definition) is 5. The lowest BCUT2D eigenvalue weighted by atomic mass is 10.0. The molecule has 1 amide bonds. The Morgan fingerprint density at radius 1 is 1.50 bits per heavy atom. The van der Waals surface area contributed by atoms with Gasteiger partial charge in [-0.15, -0.1) is 0 Å². The van der Waals surface area contributed by atoms with Crippen molar-refractivity contribution in [3.05, 3.63) is 17.0 Å². The molecule has 2 heterocycles. The topological polar surface area (TPSA) is 73.6 Å². The number of aryl methyl sites for hydroxylation is 1. The summed E-state index contributed by atoms with van der Waals surface area (Å²) < 4.78 is 16.3. The highest BCUT2D eigenvalue weighted by Gasteiger charge is 2.22. The molecule has 6 nitrogen and oxygen atoms in total. The lowest BCUT2D eigenvalue weighted by Crippen LogP contribution is -2.27. The van der Waals surface area contributed by atoms with E-state index in [-0.39, 0.29) is 17.9 Å². The van der Waals surface area contributed by atoms with Crippen molar-refractivity contribution in [1.29, 1.82) is 0 Å². The highest BCUT2D eigenvalue weighted by molar-refractivity contribution is 5.96. The molecule has 2 rings (SSSR count). The fraction of sp³-hybridized carbons (Fsp3) is 0.750. The second kappa shape index (κ2) is 8.29. The van der Waals surface area contributed by atoms with Crippen LogP contribution in [0.1, 0.15) is 60.8 Å². The molecule has 1 atom stereocenters. The Hall–Kier alpha value is -1.40. The van der Waals surface area contributed by atoms with Gasteiger partial charge in [-0.1, -0.05) is 19.0 Å². The van der Waals surface area contributed by atoms with Gasteiger partial charge in [-0.25, -0.2) is 0 Å². The van der Waals surface area contributed by atoms with E-state index in [1.54, 1.807) is 6.92 Å². The number of ether oxygens (including phenoxy) is 2. The average molecular weight is 310 g/mol. The number of hydrogen-bond donors (Lipinski definition) is 1. The fourth-order valence-corrected chi connectivity index (χ4v) is 2.51. The van der Waals surface area contributed by atoms with E-state index in [1.807, 2.05) is 13.8 Å². The van der Waals surface area contributed by atoms with Crippen LogP contribution in [0.25, 0.3) is 0 Å². The first-order valence-corrected chi connectivity index (χ1v) is 8.03. The second-order valence-corrected chi connectivity index (χ2v) is 5.98. The minimum Gasteiger partial charge on any atom is -0.379 e. The van der Waals surface area contributed by atoms with E-state index in [4.69, 9.17) is 14.0 Å². The van der Waals surface area contributed by atoms with Gasteiger partial charge in [0.2, 0.25) is 0 Å². The Labute approximate surface area is 131 Å². The van der Waals surface area contributed by atoms with Crippen molar-refractivity contribution in [2.75, 3.05) is 26.4 Å². The minimum atomic E-state index is -0.124. The number of nitrogens with one attached hydrogen (secondary N) is 1. The number of carbonyl (C=O) groups excluding carboxylic acids is 1. The van der Waals surface area contributed by atoms with Gasteiger partial charge in [0, 0.05) is 25.7 Å². The molecule has 124 valence electrons. The summed E-state index contributed by atoms with van der Waals surface area (Å²) >= 11 is 0. The minimum absolute atomic E-state index is 0.124.